The molecule has 0 saturated carbocycles. The van der Waals surface area contributed by atoms with Crippen molar-refractivity contribution in [1.29, 1.82) is 0 Å². The highest BCUT2D eigenvalue weighted by Crippen LogP contribution is 2.30. The zero-order valence-electron chi connectivity index (χ0n) is 22.1. The summed E-state index contributed by atoms with van der Waals surface area (Å²) in [6.07, 6.45) is 5.33. The van der Waals surface area contributed by atoms with E-state index in [1.165, 1.54) is 38.5 Å². The van der Waals surface area contributed by atoms with Gasteiger partial charge in [0.25, 0.3) is 0 Å². The van der Waals surface area contributed by atoms with Crippen molar-refractivity contribution in [1.82, 2.24) is 0 Å². The Hall–Kier alpha value is -3.70. The summed E-state index contributed by atoms with van der Waals surface area (Å²) < 4.78 is 21.0. The Bertz CT molecular complexity index is 1130. The summed E-state index contributed by atoms with van der Waals surface area (Å²) >= 11 is 0. The summed E-state index contributed by atoms with van der Waals surface area (Å²) in [7, 11) is 2.87. The van der Waals surface area contributed by atoms with Crippen molar-refractivity contribution >= 4 is 35.7 Å². The molecule has 0 aliphatic rings. The van der Waals surface area contributed by atoms with E-state index < -0.39 is 35.6 Å². The minimum Gasteiger partial charge on any atom is -1.00 e. The van der Waals surface area contributed by atoms with Gasteiger partial charge in [-0.1, -0.05) is 24.3 Å². The second kappa shape index (κ2) is 17.0. The molecule has 0 unspecified atom stereocenters. The Morgan fingerprint density at radius 1 is 0.692 bits per heavy atom. The van der Waals surface area contributed by atoms with Gasteiger partial charge in [-0.3, -0.25) is 9.59 Å². The van der Waals surface area contributed by atoms with Gasteiger partial charge in [0, 0.05) is 0 Å². The van der Waals surface area contributed by atoms with Gasteiger partial charge in [0.2, 0.25) is 0 Å². The predicted molar refractivity (Wildman–Crippen MR) is 135 cm³/mol. The fourth-order valence-electron chi connectivity index (χ4n) is 2.83. The Balaban J connectivity index is 0.00000722. The van der Waals surface area contributed by atoms with Gasteiger partial charge in [0.1, 0.15) is 0 Å². The summed E-state index contributed by atoms with van der Waals surface area (Å²) in [4.78, 5) is 48.1. The molecule has 212 valence electrons. The number of benzene rings is 2. The molecule has 39 heavy (non-hydrogen) atoms. The molecule has 12 heteroatoms. The smallest absolute Gasteiger partial charge is 0.369 e. The van der Waals surface area contributed by atoms with Gasteiger partial charge in [0.05, 0.1) is 20.6 Å². The van der Waals surface area contributed by atoms with Crippen molar-refractivity contribution in [3.63, 3.8) is 0 Å². The maximum atomic E-state index is 12.3. The first-order valence-corrected chi connectivity index (χ1v) is 11.4. The van der Waals surface area contributed by atoms with Crippen LogP contribution in [0.4, 0.5) is 0 Å². The van der Waals surface area contributed by atoms with Crippen molar-refractivity contribution in [2.45, 2.75) is 32.4 Å². The molecule has 0 aliphatic carbocycles. The lowest BCUT2D eigenvalue weighted by Gasteiger charge is -2.10. The Kier molecular flexibility index (Phi) is 15.4. The number of ketones is 2. The first-order valence-electron chi connectivity index (χ1n) is 11.4. The fourth-order valence-corrected chi connectivity index (χ4v) is 2.83. The number of allylic oxidation sites excluding steroid dienone is 2. The molecule has 2 rings (SSSR count). The lowest BCUT2D eigenvalue weighted by atomic mass is 10.1. The van der Waals surface area contributed by atoms with E-state index in [-0.39, 0.29) is 42.7 Å². The van der Waals surface area contributed by atoms with Crippen molar-refractivity contribution in [2.24, 2.45) is 0 Å². The lowest BCUT2D eigenvalue weighted by Crippen LogP contribution is -3.00. The average Bonchev–Trinajstić information content (AvgIpc) is 2.87. The number of quaternary nitrogens is 2. The van der Waals surface area contributed by atoms with Crippen LogP contribution in [0.3, 0.4) is 0 Å². The number of rotatable bonds is 12. The molecular formula is C27H32Cl2N2O8. The SMILES string of the molecule is COc1cc(/C=C/C(=O)CC(=O)/C=C/c2ccc(OC(=O)[C@@H](C)[NH3+])c(OC)c2)ccc1OC(=O)[C@@H](C)[NH3+].[Cl-].[Cl-]. The van der Waals surface area contributed by atoms with Crippen LogP contribution in [-0.2, 0) is 19.2 Å². The minimum absolute atomic E-state index is 0. The third kappa shape index (κ3) is 11.3. The summed E-state index contributed by atoms with van der Waals surface area (Å²) in [6.45, 7) is 3.23. The molecular weight excluding hydrogens is 551 g/mol. The van der Waals surface area contributed by atoms with E-state index in [0.29, 0.717) is 22.6 Å². The maximum absolute atomic E-state index is 12.3. The minimum atomic E-state index is -0.540. The molecule has 0 radical (unpaired) electrons. The van der Waals surface area contributed by atoms with Crippen molar-refractivity contribution < 1.29 is 74.4 Å². The van der Waals surface area contributed by atoms with Crippen molar-refractivity contribution in [3.8, 4) is 23.0 Å². The first-order chi connectivity index (χ1) is 17.5. The molecule has 0 saturated heterocycles. The van der Waals surface area contributed by atoms with E-state index in [1.807, 2.05) is 0 Å². The fraction of sp³-hybridized carbons (Fsp3) is 0.259. The number of ether oxygens (including phenoxy) is 4. The number of carbonyl (C=O) groups excluding carboxylic acids is 4. The second-order valence-electron chi connectivity index (χ2n) is 8.24. The molecule has 0 amide bonds. The highest BCUT2D eigenvalue weighted by molar-refractivity contribution is 6.10. The molecule has 6 N–H and O–H groups in total. The molecule has 0 bridgehead atoms. The predicted octanol–water partition coefficient (Wildman–Crippen LogP) is -4.96. The average molecular weight is 583 g/mol. The molecule has 0 aromatic heterocycles. The van der Waals surface area contributed by atoms with Gasteiger partial charge in [-0.2, -0.15) is 0 Å². The molecule has 2 atom stereocenters. The van der Waals surface area contributed by atoms with Gasteiger partial charge < -0.3 is 55.2 Å². The topological polar surface area (TPSA) is 160 Å². The number of hydrogen-bond donors (Lipinski definition) is 2. The number of carbonyl (C=O) groups is 4. The van der Waals surface area contributed by atoms with Crippen LogP contribution < -0.4 is 55.2 Å². The quantitative estimate of drug-likeness (QED) is 0.109. The van der Waals surface area contributed by atoms with E-state index in [1.54, 1.807) is 50.2 Å². The van der Waals surface area contributed by atoms with Gasteiger partial charge in [0.15, 0.2) is 46.6 Å². The van der Waals surface area contributed by atoms with Crippen LogP contribution in [0.5, 0.6) is 23.0 Å². The standard InChI is InChI=1S/C27H30N2O8.2ClH/c1-16(28)26(32)36-22-11-7-18(13-24(22)34-3)5-9-20(30)15-21(31)10-6-19-8-12-23(25(14-19)35-4)37-27(33)17(2)29;;/h5-14,16-17H,15,28-29H2,1-4H3;2*1H/b9-5+,10-6+;;/t16-,17-;;/m1../s1. The Morgan fingerprint density at radius 3 is 1.36 bits per heavy atom. The largest absolute Gasteiger partial charge is 1.00 e. The summed E-state index contributed by atoms with van der Waals surface area (Å²) in [5.74, 6) is -0.651. The molecule has 0 aliphatic heterocycles. The monoisotopic (exact) mass is 582 g/mol. The van der Waals surface area contributed by atoms with Gasteiger partial charge >= 0.3 is 11.9 Å². The number of methoxy groups -OCH3 is 2. The normalized spacial score (nSPS) is 12.1. The zero-order valence-corrected chi connectivity index (χ0v) is 23.6. The Labute approximate surface area is 239 Å². The highest BCUT2D eigenvalue weighted by Gasteiger charge is 2.17. The molecule has 2 aromatic rings. The van der Waals surface area contributed by atoms with Gasteiger partial charge in [-0.25, -0.2) is 9.59 Å². The summed E-state index contributed by atoms with van der Waals surface area (Å²) in [5, 5.41) is 0. The molecule has 2 aromatic carbocycles. The van der Waals surface area contributed by atoms with Crippen LogP contribution in [0.25, 0.3) is 12.2 Å². The van der Waals surface area contributed by atoms with E-state index in [0.717, 1.165) is 0 Å². The first kappa shape index (κ1) is 35.3. The van der Waals surface area contributed by atoms with Crippen LogP contribution in [-0.4, -0.2) is 49.8 Å². The summed E-state index contributed by atoms with van der Waals surface area (Å²) in [5.41, 5.74) is 8.48. The third-order valence-electron chi connectivity index (χ3n) is 4.87. The number of hydrogen-bond acceptors (Lipinski definition) is 8. The van der Waals surface area contributed by atoms with Gasteiger partial charge in [-0.15, -0.1) is 0 Å². The number of halogens is 2. The highest BCUT2D eigenvalue weighted by atomic mass is 35.5. The van der Waals surface area contributed by atoms with Gasteiger partial charge in [-0.05, 0) is 61.4 Å². The van der Waals surface area contributed by atoms with E-state index >= 15 is 0 Å². The van der Waals surface area contributed by atoms with E-state index in [2.05, 4.69) is 11.5 Å². The molecule has 10 nitrogen and oxygen atoms in total. The summed E-state index contributed by atoms with van der Waals surface area (Å²) in [6, 6.07) is 8.53. The molecule has 0 spiro atoms. The third-order valence-corrected chi connectivity index (χ3v) is 4.87. The number of esters is 2. The van der Waals surface area contributed by atoms with Crippen LogP contribution >= 0.6 is 0 Å². The van der Waals surface area contributed by atoms with Crippen LogP contribution in [0.2, 0.25) is 0 Å². The lowest BCUT2D eigenvalue weighted by molar-refractivity contribution is -0.401. The molecule has 0 fully saturated rings. The van der Waals surface area contributed by atoms with Crippen LogP contribution in [0.15, 0.2) is 48.6 Å². The van der Waals surface area contributed by atoms with Crippen molar-refractivity contribution in [3.05, 3.63) is 59.7 Å². The van der Waals surface area contributed by atoms with Crippen LogP contribution in [0, 0.1) is 0 Å². The van der Waals surface area contributed by atoms with E-state index in [4.69, 9.17) is 18.9 Å². The molecule has 0 heterocycles. The van der Waals surface area contributed by atoms with Crippen molar-refractivity contribution in [2.75, 3.05) is 14.2 Å². The zero-order chi connectivity index (χ0) is 27.5. The van der Waals surface area contributed by atoms with E-state index in [9.17, 15) is 19.2 Å². The maximum Gasteiger partial charge on any atom is 0.369 e. The second-order valence-corrected chi connectivity index (χ2v) is 8.24. The Morgan fingerprint density at radius 2 is 1.05 bits per heavy atom. The van der Waals surface area contributed by atoms with Crippen LogP contribution in [0.1, 0.15) is 31.4 Å².